The topological polar surface area (TPSA) is 33.3 Å². The highest BCUT2D eigenvalue weighted by molar-refractivity contribution is 4.93. The Morgan fingerprint density at radius 1 is 1.00 bits per heavy atom. The zero-order valence-corrected chi connectivity index (χ0v) is 11.5. The Bertz CT molecular complexity index is 239. The van der Waals surface area contributed by atoms with Crippen molar-refractivity contribution in [1.82, 2.24) is 10.6 Å². The molecule has 4 atom stereocenters. The van der Waals surface area contributed by atoms with Crippen molar-refractivity contribution in [2.45, 2.75) is 69.6 Å². The summed E-state index contributed by atoms with van der Waals surface area (Å²) in [5.41, 5.74) is 0. The fraction of sp³-hybridized carbons (Fsp3) is 1.00. The molecule has 0 radical (unpaired) electrons. The molecule has 3 aliphatic rings. The molecule has 1 saturated carbocycles. The fourth-order valence-corrected chi connectivity index (χ4v) is 3.97. The molecule has 2 N–H and O–H groups in total. The summed E-state index contributed by atoms with van der Waals surface area (Å²) in [7, 11) is 0. The van der Waals surface area contributed by atoms with Gasteiger partial charge in [0.25, 0.3) is 0 Å². The summed E-state index contributed by atoms with van der Waals surface area (Å²) in [5, 5.41) is 7.45. The number of hydrogen-bond donors (Lipinski definition) is 2. The Morgan fingerprint density at radius 2 is 1.89 bits per heavy atom. The zero-order chi connectivity index (χ0) is 12.2. The van der Waals surface area contributed by atoms with Gasteiger partial charge < -0.3 is 15.4 Å². The van der Waals surface area contributed by atoms with E-state index in [9.17, 15) is 0 Å². The summed E-state index contributed by atoms with van der Waals surface area (Å²) >= 11 is 0. The van der Waals surface area contributed by atoms with Crippen molar-refractivity contribution in [3.05, 3.63) is 0 Å². The minimum atomic E-state index is 0.474. The fourth-order valence-electron chi connectivity index (χ4n) is 3.97. The van der Waals surface area contributed by atoms with Gasteiger partial charge in [0, 0.05) is 31.8 Å². The Kier molecular flexibility index (Phi) is 4.55. The smallest absolute Gasteiger partial charge is 0.0699 e. The van der Waals surface area contributed by atoms with Crippen LogP contribution >= 0.6 is 0 Å². The Morgan fingerprint density at radius 3 is 2.72 bits per heavy atom. The van der Waals surface area contributed by atoms with Crippen LogP contribution in [0.5, 0.6) is 0 Å². The maximum Gasteiger partial charge on any atom is 0.0699 e. The van der Waals surface area contributed by atoms with Gasteiger partial charge in [-0.3, -0.25) is 0 Å². The first-order valence-corrected chi connectivity index (χ1v) is 8.00. The third-order valence-corrected chi connectivity index (χ3v) is 4.98. The average Bonchev–Trinajstić information content (AvgIpc) is 2.82. The van der Waals surface area contributed by atoms with Crippen LogP contribution in [0.25, 0.3) is 0 Å². The molecule has 104 valence electrons. The lowest BCUT2D eigenvalue weighted by atomic mass is 9.85. The van der Waals surface area contributed by atoms with E-state index in [0.29, 0.717) is 12.1 Å². The number of fused-ring (bicyclic) bond motifs is 1. The Hall–Kier alpha value is -0.120. The van der Waals surface area contributed by atoms with Crippen molar-refractivity contribution >= 4 is 0 Å². The molecule has 0 aromatic rings. The molecule has 0 amide bonds. The van der Waals surface area contributed by atoms with Crippen molar-refractivity contribution in [2.75, 3.05) is 19.7 Å². The van der Waals surface area contributed by atoms with Crippen LogP contribution in [-0.2, 0) is 4.74 Å². The highest BCUT2D eigenvalue weighted by Gasteiger charge is 2.34. The molecule has 2 aliphatic heterocycles. The predicted octanol–water partition coefficient (Wildman–Crippen LogP) is 2.07. The molecule has 2 heterocycles. The second kappa shape index (κ2) is 6.36. The monoisotopic (exact) mass is 252 g/mol. The minimum absolute atomic E-state index is 0.474. The maximum absolute atomic E-state index is 5.75. The first-order chi connectivity index (χ1) is 8.92. The zero-order valence-electron chi connectivity index (χ0n) is 11.5. The Labute approximate surface area is 111 Å². The predicted molar refractivity (Wildman–Crippen MR) is 73.7 cm³/mol. The molecule has 3 fully saturated rings. The Balaban J connectivity index is 1.34. The van der Waals surface area contributed by atoms with E-state index in [2.05, 4.69) is 10.6 Å². The molecule has 4 unspecified atom stereocenters. The highest BCUT2D eigenvalue weighted by atomic mass is 16.5. The van der Waals surface area contributed by atoms with Crippen LogP contribution in [0.2, 0.25) is 0 Å². The van der Waals surface area contributed by atoms with Crippen LogP contribution in [0, 0.1) is 5.92 Å². The van der Waals surface area contributed by atoms with E-state index in [1.807, 2.05) is 0 Å². The van der Waals surface area contributed by atoms with Crippen LogP contribution < -0.4 is 10.6 Å². The van der Waals surface area contributed by atoms with Crippen LogP contribution in [0.4, 0.5) is 0 Å². The summed E-state index contributed by atoms with van der Waals surface area (Å²) in [6.07, 6.45) is 11.5. The minimum Gasteiger partial charge on any atom is -0.377 e. The molecule has 0 bridgehead atoms. The van der Waals surface area contributed by atoms with Crippen molar-refractivity contribution in [2.24, 2.45) is 5.92 Å². The van der Waals surface area contributed by atoms with Crippen LogP contribution in [-0.4, -0.2) is 37.9 Å². The van der Waals surface area contributed by atoms with Gasteiger partial charge in [0.1, 0.15) is 0 Å². The largest absolute Gasteiger partial charge is 0.377 e. The second-order valence-corrected chi connectivity index (χ2v) is 6.40. The van der Waals surface area contributed by atoms with Crippen molar-refractivity contribution in [3.63, 3.8) is 0 Å². The van der Waals surface area contributed by atoms with Gasteiger partial charge in [0.2, 0.25) is 0 Å². The molecule has 0 aromatic carbocycles. The first kappa shape index (κ1) is 12.9. The van der Waals surface area contributed by atoms with Gasteiger partial charge >= 0.3 is 0 Å². The first-order valence-electron chi connectivity index (χ1n) is 8.00. The SMILES string of the molecule is C1CCC(CNCC2CC3CCCCC3N2)OC1. The molecule has 3 nitrogen and oxygen atoms in total. The summed E-state index contributed by atoms with van der Waals surface area (Å²) < 4.78 is 5.75. The average molecular weight is 252 g/mol. The summed E-state index contributed by atoms with van der Waals surface area (Å²) in [6, 6.07) is 1.54. The summed E-state index contributed by atoms with van der Waals surface area (Å²) in [4.78, 5) is 0. The van der Waals surface area contributed by atoms with Gasteiger partial charge in [-0.2, -0.15) is 0 Å². The van der Waals surface area contributed by atoms with E-state index in [4.69, 9.17) is 4.74 Å². The lowest BCUT2D eigenvalue weighted by Crippen LogP contribution is -2.41. The van der Waals surface area contributed by atoms with E-state index in [1.54, 1.807) is 0 Å². The summed E-state index contributed by atoms with van der Waals surface area (Å²) in [6.45, 7) is 3.15. The van der Waals surface area contributed by atoms with E-state index in [-0.39, 0.29) is 0 Å². The second-order valence-electron chi connectivity index (χ2n) is 6.40. The van der Waals surface area contributed by atoms with E-state index < -0.39 is 0 Å². The molecule has 18 heavy (non-hydrogen) atoms. The molecular formula is C15H28N2O. The summed E-state index contributed by atoms with van der Waals surface area (Å²) in [5.74, 6) is 0.969. The van der Waals surface area contributed by atoms with Gasteiger partial charge in [-0.1, -0.05) is 12.8 Å². The van der Waals surface area contributed by atoms with Gasteiger partial charge in [-0.05, 0) is 44.4 Å². The third-order valence-electron chi connectivity index (χ3n) is 4.98. The molecule has 3 rings (SSSR count). The lowest BCUT2D eigenvalue weighted by molar-refractivity contribution is 0.0168. The van der Waals surface area contributed by atoms with Crippen molar-refractivity contribution < 1.29 is 4.74 Å². The number of nitrogens with one attached hydrogen (secondary N) is 2. The van der Waals surface area contributed by atoms with Gasteiger partial charge in [0.15, 0.2) is 0 Å². The van der Waals surface area contributed by atoms with Crippen molar-refractivity contribution in [1.29, 1.82) is 0 Å². The molecule has 3 heteroatoms. The molecule has 2 saturated heterocycles. The van der Waals surface area contributed by atoms with Gasteiger partial charge in [-0.25, -0.2) is 0 Å². The molecule has 0 spiro atoms. The molecular weight excluding hydrogens is 224 g/mol. The van der Waals surface area contributed by atoms with Crippen molar-refractivity contribution in [3.8, 4) is 0 Å². The number of ether oxygens (including phenoxy) is 1. The molecule has 1 aliphatic carbocycles. The van der Waals surface area contributed by atoms with E-state index in [0.717, 1.165) is 31.7 Å². The van der Waals surface area contributed by atoms with E-state index in [1.165, 1.54) is 51.4 Å². The van der Waals surface area contributed by atoms with Crippen LogP contribution in [0.15, 0.2) is 0 Å². The van der Waals surface area contributed by atoms with Gasteiger partial charge in [0.05, 0.1) is 6.10 Å². The van der Waals surface area contributed by atoms with Gasteiger partial charge in [-0.15, -0.1) is 0 Å². The standard InChI is InChI=1S/C15H28N2O/c1-2-7-15-12(5-1)9-13(17-15)10-16-11-14-6-3-4-8-18-14/h12-17H,1-11H2. The molecule has 0 aromatic heterocycles. The quantitative estimate of drug-likeness (QED) is 0.803. The number of hydrogen-bond acceptors (Lipinski definition) is 3. The normalized spacial score (nSPS) is 40.7. The third kappa shape index (κ3) is 3.25. The van der Waals surface area contributed by atoms with Crippen LogP contribution in [0.3, 0.4) is 0 Å². The van der Waals surface area contributed by atoms with Crippen LogP contribution in [0.1, 0.15) is 51.4 Å². The number of rotatable bonds is 4. The van der Waals surface area contributed by atoms with E-state index >= 15 is 0 Å². The maximum atomic E-state index is 5.75. The lowest BCUT2D eigenvalue weighted by Gasteiger charge is -2.24. The highest BCUT2D eigenvalue weighted by Crippen LogP contribution is 2.32.